The molecule has 2 aliphatic heterocycles. The molecule has 1 aromatic carbocycles. The molecule has 4 heterocycles. The van der Waals surface area contributed by atoms with E-state index in [0.717, 1.165) is 18.8 Å². The van der Waals surface area contributed by atoms with E-state index in [1.807, 2.05) is 24.8 Å². The number of pyridine rings is 1. The highest BCUT2D eigenvalue weighted by molar-refractivity contribution is 6.30. The third kappa shape index (κ3) is 8.63. The second-order valence-electron chi connectivity index (χ2n) is 9.52. The smallest absolute Gasteiger partial charge is 0.233 e. The fourth-order valence-corrected chi connectivity index (χ4v) is 4.63. The highest BCUT2D eigenvalue weighted by Crippen LogP contribution is 2.28. The number of piperidine rings is 1. The summed E-state index contributed by atoms with van der Waals surface area (Å²) in [4.78, 5) is 20.6. The minimum atomic E-state index is -0.316. The molecular weight excluding hydrogens is 509 g/mol. The minimum Gasteiger partial charge on any atom is -0.480 e. The highest BCUT2D eigenvalue weighted by Gasteiger charge is 2.37. The lowest BCUT2D eigenvalue weighted by molar-refractivity contribution is -0.140. The van der Waals surface area contributed by atoms with Crippen molar-refractivity contribution < 1.29 is 19.0 Å². The van der Waals surface area contributed by atoms with Crippen LogP contribution in [0.2, 0.25) is 5.02 Å². The molecule has 0 saturated carbocycles. The van der Waals surface area contributed by atoms with Gasteiger partial charge in [-0.15, -0.1) is 10.2 Å². The third-order valence-electron chi connectivity index (χ3n) is 6.55. The molecule has 2 aliphatic rings. The molecule has 2 fully saturated rings. The summed E-state index contributed by atoms with van der Waals surface area (Å²) in [6.45, 7) is 6.77. The van der Waals surface area contributed by atoms with Crippen LogP contribution in [0.25, 0.3) is 0 Å². The minimum absolute atomic E-state index is 0.0106. The van der Waals surface area contributed by atoms with Gasteiger partial charge in [-0.25, -0.2) is 4.39 Å². The topological polar surface area (TPSA) is 91.7 Å². The van der Waals surface area contributed by atoms with E-state index in [1.165, 1.54) is 12.1 Å². The molecule has 2 aromatic heterocycles. The van der Waals surface area contributed by atoms with E-state index in [-0.39, 0.29) is 35.6 Å². The Balaban J connectivity index is 0.000000231. The van der Waals surface area contributed by atoms with Gasteiger partial charge in [0.2, 0.25) is 11.8 Å². The average molecular weight is 544 g/mol. The number of halogens is 2. The van der Waals surface area contributed by atoms with Crippen LogP contribution in [0.4, 0.5) is 10.2 Å². The molecule has 0 aliphatic carbocycles. The van der Waals surface area contributed by atoms with Crippen LogP contribution in [0.3, 0.4) is 0 Å². The molecular formula is C28H35ClFN5O3. The molecule has 8 nitrogen and oxygen atoms in total. The lowest BCUT2D eigenvalue weighted by Crippen LogP contribution is -2.51. The molecule has 2 saturated heterocycles. The maximum absolute atomic E-state index is 12.8. The van der Waals surface area contributed by atoms with E-state index in [4.69, 9.17) is 16.3 Å². The first-order chi connectivity index (χ1) is 18.3. The van der Waals surface area contributed by atoms with Gasteiger partial charge in [-0.2, -0.15) is 0 Å². The van der Waals surface area contributed by atoms with Gasteiger partial charge in [0.15, 0.2) is 5.82 Å². The largest absolute Gasteiger partial charge is 0.480 e. The van der Waals surface area contributed by atoms with Crippen molar-refractivity contribution in [3.8, 4) is 5.88 Å². The molecule has 0 spiro atoms. The SMILES string of the molecule is COc1ccc(N2CCC(C(=O)N3CC(C)C(O)C(C)C3)C2)nn1.Clc1cccnc1.Fc1ccccc1. The van der Waals surface area contributed by atoms with Gasteiger partial charge in [-0.05, 0) is 48.6 Å². The molecule has 10 heteroatoms. The molecule has 0 radical (unpaired) electrons. The van der Waals surface area contributed by atoms with E-state index in [1.54, 1.807) is 55.9 Å². The summed E-state index contributed by atoms with van der Waals surface area (Å²) >= 11 is 5.48. The third-order valence-corrected chi connectivity index (χ3v) is 6.77. The zero-order valence-electron chi connectivity index (χ0n) is 22.0. The Labute approximate surface area is 228 Å². The second-order valence-corrected chi connectivity index (χ2v) is 9.96. The first-order valence-corrected chi connectivity index (χ1v) is 13.0. The standard InChI is InChI=1S/C17H26N4O3.C6H5F.C5H4ClN/c1-11-8-21(9-12(2)16(11)22)17(23)13-6-7-20(10-13)14-4-5-15(24-3)19-18-14;7-6-4-2-1-3-5-6;6-5-2-1-3-7-4-5/h4-5,11-13,16,22H,6-10H2,1-3H3;1-5H;1-4H. The number of aromatic nitrogens is 3. The van der Waals surface area contributed by atoms with Crippen molar-refractivity contribution in [2.24, 2.45) is 17.8 Å². The predicted molar refractivity (Wildman–Crippen MR) is 145 cm³/mol. The number of amides is 1. The van der Waals surface area contributed by atoms with Crippen LogP contribution in [0, 0.1) is 23.6 Å². The fourth-order valence-electron chi connectivity index (χ4n) is 4.50. The van der Waals surface area contributed by atoms with Gasteiger partial charge in [0.1, 0.15) is 5.82 Å². The number of ether oxygens (including phenoxy) is 1. The summed E-state index contributed by atoms with van der Waals surface area (Å²) in [5.41, 5.74) is 0. The number of anilines is 1. The van der Waals surface area contributed by atoms with Crippen LogP contribution in [0.1, 0.15) is 20.3 Å². The molecule has 3 unspecified atom stereocenters. The van der Waals surface area contributed by atoms with E-state index < -0.39 is 0 Å². The van der Waals surface area contributed by atoms with Crippen LogP contribution in [0.15, 0.2) is 67.0 Å². The number of rotatable bonds is 3. The molecule has 204 valence electrons. The van der Waals surface area contributed by atoms with Gasteiger partial charge < -0.3 is 19.6 Å². The van der Waals surface area contributed by atoms with Crippen molar-refractivity contribution in [1.82, 2.24) is 20.1 Å². The Kier molecular flexibility index (Phi) is 11.2. The normalized spacial score (nSPS) is 22.5. The molecule has 1 N–H and O–H groups in total. The number of carbonyl (C=O) groups is 1. The summed E-state index contributed by atoms with van der Waals surface area (Å²) in [6, 6.07) is 15.2. The van der Waals surface area contributed by atoms with Crippen LogP contribution >= 0.6 is 11.6 Å². The van der Waals surface area contributed by atoms with Gasteiger partial charge in [-0.1, -0.05) is 43.6 Å². The van der Waals surface area contributed by atoms with Crippen LogP contribution < -0.4 is 9.64 Å². The van der Waals surface area contributed by atoms with Crippen molar-refractivity contribution in [2.75, 3.05) is 38.2 Å². The van der Waals surface area contributed by atoms with E-state index in [2.05, 4.69) is 20.1 Å². The Hall–Kier alpha value is -3.30. The molecule has 38 heavy (non-hydrogen) atoms. The molecule has 0 bridgehead atoms. The molecule has 3 aromatic rings. The summed E-state index contributed by atoms with van der Waals surface area (Å²) in [7, 11) is 1.56. The highest BCUT2D eigenvalue weighted by atomic mass is 35.5. The first kappa shape index (κ1) is 29.3. The number of benzene rings is 1. The maximum atomic E-state index is 12.8. The summed E-state index contributed by atoms with van der Waals surface area (Å²) in [5, 5.41) is 18.9. The fraction of sp³-hybridized carbons (Fsp3) is 0.429. The van der Waals surface area contributed by atoms with Crippen LogP contribution in [-0.2, 0) is 4.79 Å². The first-order valence-electron chi connectivity index (χ1n) is 12.6. The zero-order valence-corrected chi connectivity index (χ0v) is 22.7. The predicted octanol–water partition coefficient (Wildman–Crippen LogP) is 4.35. The van der Waals surface area contributed by atoms with E-state index >= 15 is 0 Å². The number of methoxy groups -OCH3 is 1. The number of hydrogen-bond acceptors (Lipinski definition) is 7. The number of carbonyl (C=O) groups excluding carboxylic acids is 1. The quantitative estimate of drug-likeness (QED) is 0.525. The van der Waals surface area contributed by atoms with Gasteiger partial charge in [0.05, 0.1) is 24.2 Å². The van der Waals surface area contributed by atoms with Gasteiger partial charge in [-0.3, -0.25) is 9.78 Å². The number of nitrogens with zero attached hydrogens (tertiary/aromatic N) is 5. The van der Waals surface area contributed by atoms with Gasteiger partial charge in [0, 0.05) is 44.6 Å². The Morgan fingerprint density at radius 1 is 1.03 bits per heavy atom. The molecule has 5 rings (SSSR count). The molecule has 1 amide bonds. The lowest BCUT2D eigenvalue weighted by atomic mass is 9.87. The second kappa shape index (κ2) is 14.6. The number of aliphatic hydroxyl groups is 1. The average Bonchev–Trinajstić information content (AvgIpc) is 3.43. The Morgan fingerprint density at radius 3 is 2.21 bits per heavy atom. The van der Waals surface area contributed by atoms with Crippen molar-refractivity contribution >= 4 is 23.3 Å². The van der Waals surface area contributed by atoms with Gasteiger partial charge in [0.25, 0.3) is 0 Å². The zero-order chi connectivity index (χ0) is 27.5. The van der Waals surface area contributed by atoms with Crippen molar-refractivity contribution in [3.05, 3.63) is 77.8 Å². The molecule has 3 atom stereocenters. The number of aliphatic hydroxyl groups excluding tert-OH is 1. The number of likely N-dealkylation sites (tertiary alicyclic amines) is 1. The van der Waals surface area contributed by atoms with Crippen LogP contribution in [-0.4, -0.2) is 70.5 Å². The Morgan fingerprint density at radius 2 is 1.74 bits per heavy atom. The van der Waals surface area contributed by atoms with E-state index in [9.17, 15) is 14.3 Å². The van der Waals surface area contributed by atoms with Crippen molar-refractivity contribution in [2.45, 2.75) is 26.4 Å². The van der Waals surface area contributed by atoms with Crippen molar-refractivity contribution in [1.29, 1.82) is 0 Å². The van der Waals surface area contributed by atoms with Gasteiger partial charge >= 0.3 is 0 Å². The summed E-state index contributed by atoms with van der Waals surface area (Å²) < 4.78 is 16.9. The van der Waals surface area contributed by atoms with Crippen molar-refractivity contribution in [3.63, 3.8) is 0 Å². The van der Waals surface area contributed by atoms with E-state index in [0.29, 0.717) is 30.5 Å². The number of hydrogen-bond donors (Lipinski definition) is 1. The lowest BCUT2D eigenvalue weighted by Gasteiger charge is -2.39. The monoisotopic (exact) mass is 543 g/mol. The summed E-state index contributed by atoms with van der Waals surface area (Å²) in [6.07, 6.45) is 3.80. The Bertz CT molecular complexity index is 1060. The maximum Gasteiger partial charge on any atom is 0.233 e. The summed E-state index contributed by atoms with van der Waals surface area (Å²) in [5.74, 6) is 1.53. The van der Waals surface area contributed by atoms with Crippen LogP contribution in [0.5, 0.6) is 5.88 Å².